The zero-order valence-corrected chi connectivity index (χ0v) is 23.2. The molecule has 1 aromatic heterocycles. The average Bonchev–Trinajstić information content (AvgIpc) is 2.88. The monoisotopic (exact) mass is 628 g/mol. The van der Waals surface area contributed by atoms with E-state index in [4.69, 9.17) is 9.72 Å². The van der Waals surface area contributed by atoms with Gasteiger partial charge in [0, 0.05) is 26.1 Å². The second-order valence-electron chi connectivity index (χ2n) is 8.33. The summed E-state index contributed by atoms with van der Waals surface area (Å²) in [6, 6.07) is 16.1. The van der Waals surface area contributed by atoms with E-state index in [9.17, 15) is 14.0 Å². The number of hydrogen-bond donors (Lipinski definition) is 1. The molecule has 1 atom stereocenters. The van der Waals surface area contributed by atoms with Gasteiger partial charge in [-0.15, -0.1) is 0 Å². The number of halogens is 3. The lowest BCUT2D eigenvalue weighted by molar-refractivity contribution is -0.118. The molecule has 7 nitrogen and oxygen atoms in total. The fourth-order valence-electron chi connectivity index (χ4n) is 3.52. The molecule has 0 radical (unpaired) electrons. The first-order valence-corrected chi connectivity index (χ1v) is 13.1. The Bertz CT molecular complexity index is 1540. The van der Waals surface area contributed by atoms with Gasteiger partial charge in [-0.2, -0.15) is 9.78 Å². The predicted octanol–water partition coefficient (Wildman–Crippen LogP) is 6.47. The first kappa shape index (κ1) is 26.7. The maximum absolute atomic E-state index is 13.4. The normalized spacial score (nSPS) is 12.1. The summed E-state index contributed by atoms with van der Waals surface area (Å²) in [5.41, 5.74) is 1.34. The molecule has 0 aliphatic heterocycles. The average molecular weight is 630 g/mol. The molecule has 0 aliphatic carbocycles. The Morgan fingerprint density at radius 3 is 2.57 bits per heavy atom. The lowest BCUT2D eigenvalue weighted by Gasteiger charge is -2.14. The highest BCUT2D eigenvalue weighted by Gasteiger charge is 2.16. The van der Waals surface area contributed by atoms with E-state index in [0.717, 1.165) is 15.4 Å². The van der Waals surface area contributed by atoms with Gasteiger partial charge in [0.2, 0.25) is 0 Å². The van der Waals surface area contributed by atoms with Gasteiger partial charge in [-0.1, -0.05) is 45.7 Å². The van der Waals surface area contributed by atoms with E-state index in [0.29, 0.717) is 33.7 Å². The third-order valence-corrected chi connectivity index (χ3v) is 6.64. The van der Waals surface area contributed by atoms with Gasteiger partial charge < -0.3 is 10.1 Å². The molecule has 190 valence electrons. The van der Waals surface area contributed by atoms with Gasteiger partial charge in [0.1, 0.15) is 17.4 Å². The minimum absolute atomic E-state index is 0.00807. The number of aromatic nitrogens is 2. The van der Waals surface area contributed by atoms with Crippen molar-refractivity contribution in [1.29, 1.82) is 0 Å². The van der Waals surface area contributed by atoms with Gasteiger partial charge in [0.05, 0.1) is 17.1 Å². The molecule has 0 saturated carbocycles. The minimum atomic E-state index is -0.406. The summed E-state index contributed by atoms with van der Waals surface area (Å²) in [7, 11) is 0. The number of fused-ring (bicyclic) bond motifs is 1. The third-order valence-electron chi connectivity index (χ3n) is 5.66. The summed E-state index contributed by atoms with van der Waals surface area (Å²) in [4.78, 5) is 30.4. The van der Waals surface area contributed by atoms with Gasteiger partial charge in [-0.25, -0.2) is 9.37 Å². The van der Waals surface area contributed by atoms with E-state index < -0.39 is 11.7 Å². The highest BCUT2D eigenvalue weighted by Crippen LogP contribution is 2.24. The summed E-state index contributed by atoms with van der Waals surface area (Å²) in [5.74, 6) is 0.145. The minimum Gasteiger partial charge on any atom is -0.483 e. The lowest BCUT2D eigenvalue weighted by Crippen LogP contribution is -2.24. The number of carbonyl (C=O) groups excluding carboxylic acids is 1. The van der Waals surface area contributed by atoms with Crippen molar-refractivity contribution >= 4 is 60.6 Å². The third kappa shape index (κ3) is 6.50. The molecule has 1 heterocycles. The van der Waals surface area contributed by atoms with Crippen LogP contribution < -0.4 is 15.6 Å². The van der Waals surface area contributed by atoms with Gasteiger partial charge in [-0.3, -0.25) is 9.59 Å². The molecule has 10 heteroatoms. The van der Waals surface area contributed by atoms with Crippen molar-refractivity contribution in [2.45, 2.75) is 26.2 Å². The van der Waals surface area contributed by atoms with Crippen LogP contribution in [0.4, 0.5) is 10.1 Å². The number of nitrogens with one attached hydrogen (secondary N) is 1. The molecular formula is C27H23Br2FN4O3. The number of carbonyl (C=O) groups is 1. The summed E-state index contributed by atoms with van der Waals surface area (Å²) in [6.45, 7) is 3.74. The molecule has 3 aromatic carbocycles. The molecule has 0 bridgehead atoms. The van der Waals surface area contributed by atoms with Gasteiger partial charge >= 0.3 is 0 Å². The number of rotatable bonds is 8. The van der Waals surface area contributed by atoms with Gasteiger partial charge in [0.25, 0.3) is 11.5 Å². The standard InChI is InChI=1S/C27H23Br2FN4O3/c1-3-16(2)26-33-23-10-4-19(29)13-22(23)27(36)34(26)31-14-17-12-18(28)5-11-24(17)37-15-25(35)32-21-8-6-20(30)7-9-21/h4-14,16H,3,15H2,1-2H3,(H,32,35)/t16-/m0/s1. The summed E-state index contributed by atoms with van der Waals surface area (Å²) < 4.78 is 21.7. The quantitative estimate of drug-likeness (QED) is 0.226. The molecule has 4 aromatic rings. The molecule has 0 saturated heterocycles. The largest absolute Gasteiger partial charge is 0.483 e. The highest BCUT2D eigenvalue weighted by molar-refractivity contribution is 9.10. The molecule has 37 heavy (non-hydrogen) atoms. The number of ether oxygens (including phenoxy) is 1. The maximum Gasteiger partial charge on any atom is 0.282 e. The van der Waals surface area contributed by atoms with E-state index in [2.05, 4.69) is 42.3 Å². The summed E-state index contributed by atoms with van der Waals surface area (Å²) in [5, 5.41) is 7.59. The number of nitrogens with zero attached hydrogens (tertiary/aromatic N) is 3. The van der Waals surface area contributed by atoms with Gasteiger partial charge in [0.15, 0.2) is 6.61 Å². The molecule has 0 spiro atoms. The topological polar surface area (TPSA) is 85.6 Å². The molecule has 0 aliphatic rings. The van der Waals surface area contributed by atoms with E-state index in [1.54, 1.807) is 30.3 Å². The SMILES string of the molecule is CC[C@H](C)c1nc2ccc(Br)cc2c(=O)n1N=Cc1cc(Br)ccc1OCC(=O)Nc1ccc(F)cc1. The number of hydrogen-bond acceptors (Lipinski definition) is 5. The number of benzene rings is 3. The van der Waals surface area contributed by atoms with Crippen LogP contribution in [0.3, 0.4) is 0 Å². The maximum atomic E-state index is 13.4. The van der Waals surface area contributed by atoms with Crippen LogP contribution in [0, 0.1) is 5.82 Å². The van der Waals surface area contributed by atoms with Crippen LogP contribution >= 0.6 is 31.9 Å². The Kier molecular flexibility index (Phi) is 8.50. The molecular weight excluding hydrogens is 607 g/mol. The number of anilines is 1. The number of amides is 1. The Hall–Kier alpha value is -3.37. The van der Waals surface area contributed by atoms with Crippen molar-refractivity contribution in [2.24, 2.45) is 5.10 Å². The first-order valence-electron chi connectivity index (χ1n) is 11.5. The summed E-state index contributed by atoms with van der Waals surface area (Å²) in [6.07, 6.45) is 2.29. The van der Waals surface area contributed by atoms with Crippen molar-refractivity contribution in [2.75, 3.05) is 11.9 Å². The van der Waals surface area contributed by atoms with Crippen molar-refractivity contribution in [3.8, 4) is 5.75 Å². The van der Waals surface area contributed by atoms with Crippen LogP contribution in [0.1, 0.15) is 37.6 Å². The van der Waals surface area contributed by atoms with Crippen LogP contribution in [-0.4, -0.2) is 28.4 Å². The Labute approximate surface area is 229 Å². The van der Waals surface area contributed by atoms with Crippen molar-refractivity contribution in [3.05, 3.63) is 97.2 Å². The van der Waals surface area contributed by atoms with E-state index >= 15 is 0 Å². The van der Waals surface area contributed by atoms with Crippen molar-refractivity contribution in [3.63, 3.8) is 0 Å². The smallest absolute Gasteiger partial charge is 0.282 e. The predicted molar refractivity (Wildman–Crippen MR) is 150 cm³/mol. The van der Waals surface area contributed by atoms with Crippen molar-refractivity contribution in [1.82, 2.24) is 9.66 Å². The van der Waals surface area contributed by atoms with Crippen LogP contribution in [0.2, 0.25) is 0 Å². The molecule has 4 rings (SSSR count). The Morgan fingerprint density at radius 2 is 1.84 bits per heavy atom. The van der Waals surface area contributed by atoms with E-state index in [1.165, 1.54) is 35.2 Å². The molecule has 1 amide bonds. The molecule has 0 unspecified atom stereocenters. The lowest BCUT2D eigenvalue weighted by atomic mass is 10.1. The van der Waals surface area contributed by atoms with Crippen LogP contribution in [-0.2, 0) is 4.79 Å². The van der Waals surface area contributed by atoms with Crippen molar-refractivity contribution < 1.29 is 13.9 Å². The second kappa shape index (κ2) is 11.8. The fourth-order valence-corrected chi connectivity index (χ4v) is 4.26. The zero-order chi connectivity index (χ0) is 26.5. The van der Waals surface area contributed by atoms with Crippen LogP contribution in [0.5, 0.6) is 5.75 Å². The fraction of sp³-hybridized carbons (Fsp3) is 0.185. The second-order valence-corrected chi connectivity index (χ2v) is 10.2. The zero-order valence-electron chi connectivity index (χ0n) is 20.0. The Balaban J connectivity index is 1.63. The Morgan fingerprint density at radius 1 is 1.14 bits per heavy atom. The van der Waals surface area contributed by atoms with Crippen LogP contribution in [0.15, 0.2) is 79.5 Å². The van der Waals surface area contributed by atoms with Gasteiger partial charge in [-0.05, 0) is 67.1 Å². The summed E-state index contributed by atoms with van der Waals surface area (Å²) >= 11 is 6.86. The first-order chi connectivity index (χ1) is 17.7. The van der Waals surface area contributed by atoms with E-state index in [-0.39, 0.29) is 18.1 Å². The molecule has 1 N–H and O–H groups in total. The molecule has 0 fully saturated rings. The highest BCUT2D eigenvalue weighted by atomic mass is 79.9. The van der Waals surface area contributed by atoms with E-state index in [1.807, 2.05) is 19.9 Å². The van der Waals surface area contributed by atoms with Crippen LogP contribution in [0.25, 0.3) is 10.9 Å².